The number of methoxy groups -OCH3 is 2. The fourth-order valence-corrected chi connectivity index (χ4v) is 3.95. The van der Waals surface area contributed by atoms with Crippen LogP contribution in [0.15, 0.2) is 40.9 Å². The summed E-state index contributed by atoms with van der Waals surface area (Å²) in [6.07, 6.45) is 1.34. The molecule has 0 radical (unpaired) electrons. The van der Waals surface area contributed by atoms with E-state index in [1.54, 1.807) is 35.2 Å². The summed E-state index contributed by atoms with van der Waals surface area (Å²) in [5.41, 5.74) is -0.551. The maximum atomic E-state index is 13.2. The summed E-state index contributed by atoms with van der Waals surface area (Å²) in [7, 11) is 2.98. The van der Waals surface area contributed by atoms with E-state index in [1.165, 1.54) is 14.2 Å². The van der Waals surface area contributed by atoms with Crippen molar-refractivity contribution in [3.05, 3.63) is 52.0 Å². The Bertz CT molecular complexity index is 945. The van der Waals surface area contributed by atoms with Crippen LogP contribution in [0.2, 0.25) is 0 Å². The van der Waals surface area contributed by atoms with Gasteiger partial charge in [-0.25, -0.2) is 0 Å². The Labute approximate surface area is 178 Å². The molecule has 0 fully saturated rings. The molecule has 0 unspecified atom stereocenters. The molecule has 1 aliphatic heterocycles. The number of halogens is 1. The van der Waals surface area contributed by atoms with Gasteiger partial charge in [0.1, 0.15) is 11.5 Å². The van der Waals surface area contributed by atoms with Crippen molar-refractivity contribution in [1.29, 1.82) is 0 Å². The second-order valence-electron chi connectivity index (χ2n) is 7.00. The second kappa shape index (κ2) is 8.55. The molecular weight excluding hydrogens is 438 g/mol. The van der Waals surface area contributed by atoms with Gasteiger partial charge in [-0.1, -0.05) is 29.3 Å². The van der Waals surface area contributed by atoms with E-state index in [0.29, 0.717) is 29.3 Å². The lowest BCUT2D eigenvalue weighted by atomic mass is 9.88. The van der Waals surface area contributed by atoms with Gasteiger partial charge in [0.15, 0.2) is 11.4 Å². The molecule has 1 amide bonds. The fourth-order valence-electron chi connectivity index (χ4n) is 3.59. The summed E-state index contributed by atoms with van der Waals surface area (Å²) in [6, 6.07) is 10.2. The van der Waals surface area contributed by atoms with Gasteiger partial charge in [0.05, 0.1) is 31.9 Å². The summed E-state index contributed by atoms with van der Waals surface area (Å²) >= 11 is 3.40. The highest BCUT2D eigenvalue weighted by atomic mass is 79.9. The number of carbonyl (C=O) groups excluding carboxylic acids is 2. The molecule has 29 heavy (non-hydrogen) atoms. The van der Waals surface area contributed by atoms with Gasteiger partial charge in [0, 0.05) is 22.6 Å². The van der Waals surface area contributed by atoms with E-state index in [4.69, 9.17) is 9.47 Å². The van der Waals surface area contributed by atoms with E-state index in [2.05, 4.69) is 15.9 Å². The Hall–Kier alpha value is -2.38. The second-order valence-corrected chi connectivity index (χ2v) is 7.91. The number of hydrogen-bond donors (Lipinski definition) is 1. The average molecular weight is 462 g/mol. The number of amides is 1. The quantitative estimate of drug-likeness (QED) is 0.599. The van der Waals surface area contributed by atoms with E-state index < -0.39 is 11.5 Å². The third-order valence-corrected chi connectivity index (χ3v) is 5.65. The van der Waals surface area contributed by atoms with E-state index in [0.717, 1.165) is 17.3 Å². The van der Waals surface area contributed by atoms with E-state index in [-0.39, 0.29) is 17.8 Å². The summed E-state index contributed by atoms with van der Waals surface area (Å²) in [5, 5.41) is 11.4. The highest BCUT2D eigenvalue weighted by molar-refractivity contribution is 9.10. The van der Waals surface area contributed by atoms with Gasteiger partial charge < -0.3 is 19.5 Å². The van der Waals surface area contributed by atoms with Crippen LogP contribution in [0, 0.1) is 0 Å². The van der Waals surface area contributed by atoms with Crippen molar-refractivity contribution in [2.24, 2.45) is 0 Å². The number of benzene rings is 2. The zero-order valence-corrected chi connectivity index (χ0v) is 18.3. The first-order valence-electron chi connectivity index (χ1n) is 9.45. The van der Waals surface area contributed by atoms with Crippen LogP contribution < -0.4 is 14.4 Å². The zero-order chi connectivity index (χ0) is 21.2. The summed E-state index contributed by atoms with van der Waals surface area (Å²) in [6.45, 7) is 2.53. The molecule has 3 rings (SSSR count). The normalized spacial score (nSPS) is 18.0. The number of nitrogens with zero attached hydrogens (tertiary/aromatic N) is 1. The number of Topliss-reactive ketones (excluding diaryl/α,β-unsaturated/α-hetero) is 1. The number of anilines is 1. The van der Waals surface area contributed by atoms with E-state index in [9.17, 15) is 14.7 Å². The Morgan fingerprint density at radius 3 is 2.59 bits per heavy atom. The molecule has 1 heterocycles. The minimum Gasteiger partial charge on any atom is -0.497 e. The Morgan fingerprint density at radius 1 is 1.17 bits per heavy atom. The number of hydrogen-bond acceptors (Lipinski definition) is 5. The van der Waals surface area contributed by atoms with Gasteiger partial charge in [-0.2, -0.15) is 0 Å². The highest BCUT2D eigenvalue weighted by Crippen LogP contribution is 2.44. The summed E-state index contributed by atoms with van der Waals surface area (Å²) < 4.78 is 11.2. The lowest BCUT2D eigenvalue weighted by molar-refractivity contribution is -0.135. The minimum atomic E-state index is -1.92. The monoisotopic (exact) mass is 461 g/mol. The molecule has 0 saturated carbocycles. The highest BCUT2D eigenvalue weighted by Gasteiger charge is 2.51. The van der Waals surface area contributed by atoms with Crippen molar-refractivity contribution < 1.29 is 24.2 Å². The van der Waals surface area contributed by atoms with Crippen LogP contribution in [0.25, 0.3) is 0 Å². The molecule has 154 valence electrons. The Kier molecular flexibility index (Phi) is 6.29. The van der Waals surface area contributed by atoms with Gasteiger partial charge in [0.2, 0.25) is 0 Å². The van der Waals surface area contributed by atoms with Crippen LogP contribution in [0.1, 0.15) is 42.1 Å². The standard InChI is InChI=1S/C22H24BrNO5/c1-4-5-10-24-18-9-6-14(23)11-17(18)22(27,21(24)26)13-19(25)16-8-7-15(28-2)12-20(16)29-3/h6-9,11-12,27H,4-5,10,13H2,1-3H3/t22-/m1/s1. The number of fused-ring (bicyclic) bond motifs is 1. The van der Waals surface area contributed by atoms with Crippen molar-refractivity contribution in [2.45, 2.75) is 31.8 Å². The number of aliphatic hydroxyl groups is 1. The molecule has 0 saturated heterocycles. The van der Waals surface area contributed by atoms with Crippen LogP contribution in [0.5, 0.6) is 11.5 Å². The smallest absolute Gasteiger partial charge is 0.264 e. The molecule has 2 aromatic rings. The molecule has 1 atom stereocenters. The van der Waals surface area contributed by atoms with Crippen LogP contribution >= 0.6 is 15.9 Å². The lowest BCUT2D eigenvalue weighted by Gasteiger charge is -2.23. The van der Waals surface area contributed by atoms with Gasteiger partial charge in [-0.15, -0.1) is 0 Å². The molecule has 0 bridgehead atoms. The Balaban J connectivity index is 1.99. The van der Waals surface area contributed by atoms with Gasteiger partial charge >= 0.3 is 0 Å². The molecule has 6 nitrogen and oxygen atoms in total. The largest absolute Gasteiger partial charge is 0.497 e. The average Bonchev–Trinajstić information content (AvgIpc) is 2.92. The van der Waals surface area contributed by atoms with E-state index in [1.807, 2.05) is 13.0 Å². The van der Waals surface area contributed by atoms with Crippen molar-refractivity contribution in [2.75, 3.05) is 25.7 Å². The number of ether oxygens (including phenoxy) is 2. The first-order valence-corrected chi connectivity index (χ1v) is 10.2. The van der Waals surface area contributed by atoms with Crippen LogP contribution in [-0.2, 0) is 10.4 Å². The molecule has 1 N–H and O–H groups in total. The van der Waals surface area contributed by atoms with Crippen molar-refractivity contribution in [3.63, 3.8) is 0 Å². The van der Waals surface area contributed by atoms with Crippen molar-refractivity contribution in [3.8, 4) is 11.5 Å². The molecule has 0 spiro atoms. The number of ketones is 1. The number of carbonyl (C=O) groups is 2. The lowest BCUT2D eigenvalue weighted by Crippen LogP contribution is -2.42. The van der Waals surface area contributed by atoms with Crippen molar-refractivity contribution >= 4 is 33.3 Å². The topological polar surface area (TPSA) is 76.1 Å². The van der Waals surface area contributed by atoms with Gasteiger partial charge in [0.25, 0.3) is 5.91 Å². The van der Waals surface area contributed by atoms with Crippen molar-refractivity contribution in [1.82, 2.24) is 0 Å². The predicted molar refractivity (Wildman–Crippen MR) is 114 cm³/mol. The molecular formula is C22H24BrNO5. The predicted octanol–water partition coefficient (Wildman–Crippen LogP) is 4.07. The van der Waals surface area contributed by atoms with Crippen LogP contribution in [-0.4, -0.2) is 37.6 Å². The molecule has 0 aromatic heterocycles. The van der Waals surface area contributed by atoms with Gasteiger partial charge in [-0.3, -0.25) is 9.59 Å². The van der Waals surface area contributed by atoms with Gasteiger partial charge in [-0.05, 0) is 36.8 Å². The molecule has 1 aliphatic rings. The van der Waals surface area contributed by atoms with Crippen LogP contribution in [0.4, 0.5) is 5.69 Å². The molecule has 0 aliphatic carbocycles. The first-order chi connectivity index (χ1) is 13.8. The maximum Gasteiger partial charge on any atom is 0.264 e. The fraction of sp³-hybridized carbons (Fsp3) is 0.364. The zero-order valence-electron chi connectivity index (χ0n) is 16.7. The Morgan fingerprint density at radius 2 is 1.93 bits per heavy atom. The number of rotatable bonds is 8. The third kappa shape index (κ3) is 3.89. The SMILES string of the molecule is CCCCN1C(=O)[C@@](O)(CC(=O)c2ccc(OC)cc2OC)c2cc(Br)ccc21. The van der Waals surface area contributed by atoms with Crippen LogP contribution in [0.3, 0.4) is 0 Å². The number of unbranched alkanes of at least 4 members (excludes halogenated alkanes) is 1. The van der Waals surface area contributed by atoms with E-state index >= 15 is 0 Å². The minimum absolute atomic E-state index is 0.290. The molecule has 2 aromatic carbocycles. The molecule has 7 heteroatoms. The first kappa shape index (κ1) is 21.3. The summed E-state index contributed by atoms with van der Waals surface area (Å²) in [4.78, 5) is 27.8. The third-order valence-electron chi connectivity index (χ3n) is 5.15. The maximum absolute atomic E-state index is 13.2. The summed E-state index contributed by atoms with van der Waals surface area (Å²) in [5.74, 6) is 0.0262.